The van der Waals surface area contributed by atoms with Gasteiger partial charge in [-0.05, 0) is 0 Å². The predicted molar refractivity (Wildman–Crippen MR) is 120 cm³/mol. The summed E-state index contributed by atoms with van der Waals surface area (Å²) in [5.41, 5.74) is 0. The Bertz CT molecular complexity index is 284. The van der Waals surface area contributed by atoms with Gasteiger partial charge in [-0.15, -0.1) is 0 Å². The van der Waals surface area contributed by atoms with Crippen molar-refractivity contribution in [2.24, 2.45) is 0 Å². The molecule has 0 aliphatic carbocycles. The van der Waals surface area contributed by atoms with Crippen LogP contribution in [-0.4, -0.2) is 100 Å². The quantitative estimate of drug-likeness (QED) is 0.180. The van der Waals surface area contributed by atoms with E-state index in [-0.39, 0.29) is 65.0 Å². The van der Waals surface area contributed by atoms with Crippen molar-refractivity contribution in [2.45, 2.75) is 0 Å². The standard InChI is InChI=1S/6C2H6OS.2HI.Mn/c6*1-4(2)3;;;/h6*1-2H3;2*1H;/q;;;;;;;;+2/p-2. The van der Waals surface area contributed by atoms with Crippen LogP contribution in [0.3, 0.4) is 0 Å². The monoisotopic (exact) mass is 777 g/mol. The van der Waals surface area contributed by atoms with E-state index in [1.165, 1.54) is 0 Å². The predicted octanol–water partition coefficient (Wildman–Crippen LogP) is -6.03. The van der Waals surface area contributed by atoms with Crippen molar-refractivity contribution in [3.05, 3.63) is 0 Å². The Morgan fingerprint density at radius 2 is 0.296 bits per heavy atom. The molecule has 0 atom stereocenters. The van der Waals surface area contributed by atoms with Gasteiger partial charge in [-0.1, -0.05) is 0 Å². The fourth-order valence-electron chi connectivity index (χ4n) is 0. The van der Waals surface area contributed by atoms with Gasteiger partial charge in [-0.3, -0.25) is 25.3 Å². The Morgan fingerprint density at radius 3 is 0.296 bits per heavy atom. The van der Waals surface area contributed by atoms with Crippen molar-refractivity contribution >= 4 is 64.8 Å². The average molecular weight is 778 g/mol. The minimum Gasteiger partial charge on any atom is -1.00 e. The molecular formula is C12H36I2MnO6S6. The smallest absolute Gasteiger partial charge is 1.00 e. The molecule has 15 heteroatoms. The van der Waals surface area contributed by atoms with Crippen LogP contribution in [0, 0.1) is 0 Å². The van der Waals surface area contributed by atoms with Crippen LogP contribution >= 0.6 is 0 Å². The fourth-order valence-corrected chi connectivity index (χ4v) is 0. The van der Waals surface area contributed by atoms with Gasteiger partial charge in [0.25, 0.3) is 0 Å². The van der Waals surface area contributed by atoms with Gasteiger partial charge in [-0.25, -0.2) is 0 Å². The molecule has 0 unspecified atom stereocenters. The molecule has 177 valence electrons. The molecule has 0 spiro atoms. The Morgan fingerprint density at radius 1 is 0.296 bits per heavy atom. The maximum atomic E-state index is 9.56. The second kappa shape index (κ2) is 51.5. The summed E-state index contributed by atoms with van der Waals surface area (Å²) >= 11 is 0. The van der Waals surface area contributed by atoms with Gasteiger partial charge in [0, 0.05) is 140 Å². The SMILES string of the molecule is CS(C)=O.CS(C)=O.CS(C)=O.CS(C)=O.CS(C)=O.CS(C)=O.[I-].[I-].[Mn+2]. The second-order valence-electron chi connectivity index (χ2n) is 4.45. The first-order chi connectivity index (χ1) is 10.4. The summed E-state index contributed by atoms with van der Waals surface area (Å²) in [6.07, 6.45) is 19.7. The largest absolute Gasteiger partial charge is 2.00 e. The molecule has 0 N–H and O–H groups in total. The first-order valence-corrected chi connectivity index (χ1v) is 17.7. The van der Waals surface area contributed by atoms with Gasteiger partial charge in [-0.2, -0.15) is 0 Å². The summed E-state index contributed by atoms with van der Waals surface area (Å²) in [5.74, 6) is 0. The third kappa shape index (κ3) is 2520. The van der Waals surface area contributed by atoms with Crippen molar-refractivity contribution in [3.8, 4) is 0 Å². The van der Waals surface area contributed by atoms with Crippen LogP contribution in [-0.2, 0) is 81.9 Å². The summed E-state index contributed by atoms with van der Waals surface area (Å²) in [7, 11) is -3.67. The Kier molecular flexibility index (Phi) is 109. The zero-order valence-electron chi connectivity index (χ0n) is 18.0. The molecule has 0 aromatic rings. The molecule has 0 bridgehead atoms. The Balaban J connectivity index is -0.0000000201. The van der Waals surface area contributed by atoms with Gasteiger partial charge in [0.2, 0.25) is 0 Å². The van der Waals surface area contributed by atoms with E-state index in [0.29, 0.717) is 0 Å². The van der Waals surface area contributed by atoms with Gasteiger partial charge >= 0.3 is 17.1 Å². The third-order valence-electron chi connectivity index (χ3n) is 0. The van der Waals surface area contributed by atoms with E-state index in [9.17, 15) is 25.3 Å². The Labute approximate surface area is 227 Å². The molecule has 0 aliphatic heterocycles. The van der Waals surface area contributed by atoms with Crippen molar-refractivity contribution in [2.75, 3.05) is 75.1 Å². The van der Waals surface area contributed by atoms with Crippen LogP contribution in [0.5, 0.6) is 0 Å². The Hall–Kier alpha value is 2.88. The molecule has 0 saturated carbocycles. The van der Waals surface area contributed by atoms with Crippen molar-refractivity contribution < 1.29 is 90.3 Å². The number of halogens is 2. The molecular weight excluding hydrogens is 741 g/mol. The van der Waals surface area contributed by atoms with E-state index in [2.05, 4.69) is 0 Å². The molecule has 6 nitrogen and oxygen atoms in total. The van der Waals surface area contributed by atoms with Crippen LogP contribution < -0.4 is 48.0 Å². The topological polar surface area (TPSA) is 102 Å². The molecule has 0 aromatic heterocycles. The van der Waals surface area contributed by atoms with Gasteiger partial charge in [0.15, 0.2) is 0 Å². The van der Waals surface area contributed by atoms with Gasteiger partial charge in [0.1, 0.15) is 0 Å². The minimum absolute atomic E-state index is 0. The molecule has 0 aliphatic rings. The zero-order chi connectivity index (χ0) is 21.5. The summed E-state index contributed by atoms with van der Waals surface area (Å²) in [6.45, 7) is 0. The summed E-state index contributed by atoms with van der Waals surface area (Å²) < 4.78 is 57.3. The molecule has 0 amide bonds. The van der Waals surface area contributed by atoms with E-state index in [1.54, 1.807) is 75.1 Å². The minimum atomic E-state index is -0.611. The maximum Gasteiger partial charge on any atom is 2.00 e. The second-order valence-corrected chi connectivity index (χ2v) is 13.3. The zero-order valence-corrected chi connectivity index (χ0v) is 28.4. The first-order valence-electron chi connectivity index (χ1n) is 5.90. The van der Waals surface area contributed by atoms with Gasteiger partial charge < -0.3 is 48.0 Å². The van der Waals surface area contributed by atoms with E-state index < -0.39 is 64.8 Å². The molecule has 0 fully saturated rings. The molecule has 0 rings (SSSR count). The molecule has 0 saturated heterocycles. The van der Waals surface area contributed by atoms with Crippen LogP contribution in [0.25, 0.3) is 0 Å². The first kappa shape index (κ1) is 57.2. The van der Waals surface area contributed by atoms with Crippen molar-refractivity contribution in [3.63, 3.8) is 0 Å². The van der Waals surface area contributed by atoms with Crippen molar-refractivity contribution in [1.29, 1.82) is 0 Å². The number of rotatable bonds is 0. The molecule has 0 aromatic carbocycles. The molecule has 1 radical (unpaired) electrons. The number of hydrogen-bond donors (Lipinski definition) is 0. The van der Waals surface area contributed by atoms with E-state index in [0.717, 1.165) is 0 Å². The average Bonchev–Trinajstić information content (AvgIpc) is 2.08. The summed E-state index contributed by atoms with van der Waals surface area (Å²) in [4.78, 5) is 0. The molecule has 0 heterocycles. The van der Waals surface area contributed by atoms with E-state index in [1.807, 2.05) is 0 Å². The number of hydrogen-bond acceptors (Lipinski definition) is 6. The normalized spacial score (nSPS) is 7.78. The van der Waals surface area contributed by atoms with Crippen LogP contribution in [0.15, 0.2) is 0 Å². The van der Waals surface area contributed by atoms with Crippen molar-refractivity contribution in [1.82, 2.24) is 0 Å². The van der Waals surface area contributed by atoms with Gasteiger partial charge in [0.05, 0.1) is 0 Å². The van der Waals surface area contributed by atoms with E-state index >= 15 is 0 Å². The van der Waals surface area contributed by atoms with Crippen LogP contribution in [0.2, 0.25) is 0 Å². The summed E-state index contributed by atoms with van der Waals surface area (Å²) in [5, 5.41) is 0. The third-order valence-corrected chi connectivity index (χ3v) is 0. The van der Waals surface area contributed by atoms with E-state index in [4.69, 9.17) is 0 Å². The fraction of sp³-hybridized carbons (Fsp3) is 1.00. The molecule has 27 heavy (non-hydrogen) atoms. The maximum absolute atomic E-state index is 9.56. The van der Waals surface area contributed by atoms with Crippen LogP contribution in [0.4, 0.5) is 0 Å². The van der Waals surface area contributed by atoms with Crippen LogP contribution in [0.1, 0.15) is 0 Å². The summed E-state index contributed by atoms with van der Waals surface area (Å²) in [6, 6.07) is 0.